The van der Waals surface area contributed by atoms with Crippen molar-refractivity contribution in [1.29, 1.82) is 0 Å². The second-order valence-corrected chi connectivity index (χ2v) is 6.28. The van der Waals surface area contributed by atoms with Gasteiger partial charge in [-0.25, -0.2) is 0 Å². The van der Waals surface area contributed by atoms with Gasteiger partial charge in [0, 0.05) is 13.2 Å². The monoisotopic (exact) mass is 296 g/mol. The number of amides is 2. The van der Waals surface area contributed by atoms with Crippen LogP contribution < -0.4 is 5.32 Å². The van der Waals surface area contributed by atoms with E-state index in [9.17, 15) is 9.59 Å². The van der Waals surface area contributed by atoms with Crippen molar-refractivity contribution in [2.24, 2.45) is 0 Å². The Labute approximate surface area is 127 Å². The van der Waals surface area contributed by atoms with E-state index < -0.39 is 5.54 Å². The number of hydrogen-bond acceptors (Lipinski definition) is 3. The molecule has 0 aromatic carbocycles. The van der Waals surface area contributed by atoms with E-state index in [1.54, 1.807) is 4.90 Å². The van der Waals surface area contributed by atoms with Gasteiger partial charge in [-0.1, -0.05) is 26.2 Å². The molecule has 1 heterocycles. The number of nitrogens with one attached hydrogen (secondary N) is 1. The molecule has 1 N–H and O–H groups in total. The van der Waals surface area contributed by atoms with Crippen LogP contribution in [0.25, 0.3) is 0 Å². The molecule has 5 heteroatoms. The SMILES string of the molecule is CCOC(C)CN1C(=O)C2(CCCCC2)NC(=O)C1CC. The molecule has 1 aliphatic carbocycles. The van der Waals surface area contributed by atoms with Crippen LogP contribution in [0.1, 0.15) is 59.3 Å². The number of carbonyl (C=O) groups excluding carboxylic acids is 2. The predicted octanol–water partition coefficient (Wildman–Crippen LogP) is 1.85. The summed E-state index contributed by atoms with van der Waals surface area (Å²) in [6.45, 7) is 6.98. The highest BCUT2D eigenvalue weighted by Gasteiger charge is 2.50. The highest BCUT2D eigenvalue weighted by molar-refractivity contribution is 5.99. The Kier molecular flexibility index (Phi) is 5.25. The van der Waals surface area contributed by atoms with E-state index in [4.69, 9.17) is 4.74 Å². The lowest BCUT2D eigenvalue weighted by Gasteiger charge is -2.48. The van der Waals surface area contributed by atoms with Crippen LogP contribution in [0, 0.1) is 0 Å². The predicted molar refractivity (Wildman–Crippen MR) is 80.8 cm³/mol. The van der Waals surface area contributed by atoms with Crippen molar-refractivity contribution in [3.63, 3.8) is 0 Å². The Morgan fingerprint density at radius 1 is 1.29 bits per heavy atom. The van der Waals surface area contributed by atoms with Gasteiger partial charge >= 0.3 is 0 Å². The van der Waals surface area contributed by atoms with E-state index >= 15 is 0 Å². The Hall–Kier alpha value is -1.10. The Morgan fingerprint density at radius 2 is 1.95 bits per heavy atom. The van der Waals surface area contributed by atoms with Crippen molar-refractivity contribution < 1.29 is 14.3 Å². The van der Waals surface area contributed by atoms with Gasteiger partial charge in [-0.05, 0) is 33.1 Å². The molecule has 0 aromatic heterocycles. The number of carbonyl (C=O) groups is 2. The van der Waals surface area contributed by atoms with Crippen molar-refractivity contribution >= 4 is 11.8 Å². The zero-order valence-corrected chi connectivity index (χ0v) is 13.5. The van der Waals surface area contributed by atoms with Crippen LogP contribution >= 0.6 is 0 Å². The Bertz CT molecular complexity index is 391. The molecule has 120 valence electrons. The summed E-state index contributed by atoms with van der Waals surface area (Å²) in [5.74, 6) is 0.0999. The summed E-state index contributed by atoms with van der Waals surface area (Å²) < 4.78 is 5.57. The molecule has 2 aliphatic rings. The molecule has 2 rings (SSSR count). The minimum Gasteiger partial charge on any atom is -0.377 e. The number of rotatable bonds is 5. The van der Waals surface area contributed by atoms with Crippen LogP contribution in [0.5, 0.6) is 0 Å². The van der Waals surface area contributed by atoms with Crippen molar-refractivity contribution in [1.82, 2.24) is 10.2 Å². The lowest BCUT2D eigenvalue weighted by molar-refractivity contribution is -0.158. The quantitative estimate of drug-likeness (QED) is 0.842. The van der Waals surface area contributed by atoms with E-state index in [2.05, 4.69) is 5.32 Å². The zero-order chi connectivity index (χ0) is 15.5. The molecular weight excluding hydrogens is 268 g/mol. The van der Waals surface area contributed by atoms with Gasteiger partial charge in [-0.15, -0.1) is 0 Å². The molecule has 0 aromatic rings. The minimum atomic E-state index is -0.646. The molecule has 2 amide bonds. The summed E-state index contributed by atoms with van der Waals surface area (Å²) in [4.78, 5) is 27.2. The molecule has 1 spiro atoms. The van der Waals surface area contributed by atoms with E-state index in [1.165, 1.54) is 0 Å². The zero-order valence-electron chi connectivity index (χ0n) is 13.5. The average molecular weight is 296 g/mol. The normalized spacial score (nSPS) is 26.8. The maximum absolute atomic E-state index is 13.0. The van der Waals surface area contributed by atoms with Crippen LogP contribution in [0.15, 0.2) is 0 Å². The van der Waals surface area contributed by atoms with E-state index in [1.807, 2.05) is 20.8 Å². The fraction of sp³-hybridized carbons (Fsp3) is 0.875. The van der Waals surface area contributed by atoms with Gasteiger partial charge in [0.05, 0.1) is 6.10 Å². The molecule has 0 bridgehead atoms. The number of hydrogen-bond donors (Lipinski definition) is 1. The maximum Gasteiger partial charge on any atom is 0.249 e. The molecule has 5 nitrogen and oxygen atoms in total. The summed E-state index contributed by atoms with van der Waals surface area (Å²) in [6.07, 6.45) is 5.32. The summed E-state index contributed by atoms with van der Waals surface area (Å²) in [5.41, 5.74) is -0.646. The van der Waals surface area contributed by atoms with Crippen molar-refractivity contribution in [3.8, 4) is 0 Å². The molecule has 2 atom stereocenters. The number of ether oxygens (including phenoxy) is 1. The van der Waals surface area contributed by atoms with E-state index in [-0.39, 0.29) is 24.0 Å². The smallest absolute Gasteiger partial charge is 0.249 e. The van der Waals surface area contributed by atoms with Crippen molar-refractivity contribution in [2.45, 2.75) is 77.0 Å². The van der Waals surface area contributed by atoms with Crippen molar-refractivity contribution in [3.05, 3.63) is 0 Å². The molecule has 1 saturated heterocycles. The molecule has 1 aliphatic heterocycles. The largest absolute Gasteiger partial charge is 0.377 e. The van der Waals surface area contributed by atoms with Gasteiger partial charge in [-0.2, -0.15) is 0 Å². The Balaban J connectivity index is 2.20. The van der Waals surface area contributed by atoms with Gasteiger partial charge in [-0.3, -0.25) is 9.59 Å². The molecular formula is C16H28N2O3. The highest BCUT2D eigenvalue weighted by atomic mass is 16.5. The third kappa shape index (κ3) is 3.23. The van der Waals surface area contributed by atoms with Crippen LogP contribution in [-0.2, 0) is 14.3 Å². The molecule has 2 fully saturated rings. The first-order valence-corrected chi connectivity index (χ1v) is 8.28. The summed E-state index contributed by atoms with van der Waals surface area (Å²) in [6, 6.07) is -0.354. The number of piperazine rings is 1. The first kappa shape index (κ1) is 16.3. The lowest BCUT2D eigenvalue weighted by atomic mass is 9.78. The average Bonchev–Trinajstić information content (AvgIpc) is 2.46. The van der Waals surface area contributed by atoms with Gasteiger partial charge in [0.1, 0.15) is 11.6 Å². The van der Waals surface area contributed by atoms with Crippen LogP contribution in [0.3, 0.4) is 0 Å². The van der Waals surface area contributed by atoms with E-state index in [0.717, 1.165) is 32.1 Å². The fourth-order valence-corrected chi connectivity index (χ4v) is 3.65. The second-order valence-electron chi connectivity index (χ2n) is 6.28. The number of nitrogens with zero attached hydrogens (tertiary/aromatic N) is 1. The van der Waals surface area contributed by atoms with Gasteiger partial charge in [0.25, 0.3) is 0 Å². The van der Waals surface area contributed by atoms with Crippen LogP contribution in [0.2, 0.25) is 0 Å². The van der Waals surface area contributed by atoms with Gasteiger partial charge in [0.2, 0.25) is 11.8 Å². The Morgan fingerprint density at radius 3 is 2.52 bits per heavy atom. The van der Waals surface area contributed by atoms with Gasteiger partial charge < -0.3 is 15.0 Å². The molecule has 21 heavy (non-hydrogen) atoms. The standard InChI is InChI=1S/C16H28N2O3/c1-4-13-14(19)17-16(9-7-6-8-10-16)15(20)18(13)11-12(3)21-5-2/h12-13H,4-11H2,1-3H3,(H,17,19). The fourth-order valence-electron chi connectivity index (χ4n) is 3.65. The van der Waals surface area contributed by atoms with Crippen LogP contribution in [-0.4, -0.2) is 47.6 Å². The van der Waals surface area contributed by atoms with Gasteiger partial charge in [0.15, 0.2) is 0 Å². The molecule has 1 saturated carbocycles. The first-order valence-electron chi connectivity index (χ1n) is 8.28. The van der Waals surface area contributed by atoms with Crippen LogP contribution in [0.4, 0.5) is 0 Å². The lowest BCUT2D eigenvalue weighted by Crippen LogP contribution is -2.71. The highest BCUT2D eigenvalue weighted by Crippen LogP contribution is 2.34. The topological polar surface area (TPSA) is 58.6 Å². The maximum atomic E-state index is 13.0. The second kappa shape index (κ2) is 6.77. The molecule has 0 radical (unpaired) electrons. The van der Waals surface area contributed by atoms with Crippen molar-refractivity contribution in [2.75, 3.05) is 13.2 Å². The first-order chi connectivity index (χ1) is 10.0. The summed E-state index contributed by atoms with van der Waals surface area (Å²) in [5, 5.41) is 3.05. The molecule has 2 unspecified atom stereocenters. The third-order valence-electron chi connectivity index (χ3n) is 4.71. The van der Waals surface area contributed by atoms with E-state index in [0.29, 0.717) is 19.6 Å². The summed E-state index contributed by atoms with van der Waals surface area (Å²) >= 11 is 0. The summed E-state index contributed by atoms with van der Waals surface area (Å²) in [7, 11) is 0. The minimum absolute atomic E-state index is 0.00250. The third-order valence-corrected chi connectivity index (χ3v) is 4.71.